The highest BCUT2D eigenvalue weighted by atomic mass is 32.2. The summed E-state index contributed by atoms with van der Waals surface area (Å²) in [5.74, 6) is 0.0758. The van der Waals surface area contributed by atoms with Gasteiger partial charge in [0.2, 0.25) is 10.0 Å². The maximum absolute atomic E-state index is 13.0. The van der Waals surface area contributed by atoms with E-state index in [1.54, 1.807) is 6.07 Å². The van der Waals surface area contributed by atoms with Gasteiger partial charge in [0.05, 0.1) is 9.82 Å². The number of sulfonamides is 1. The first-order valence-corrected chi connectivity index (χ1v) is 9.43. The Morgan fingerprint density at radius 2 is 1.77 bits per heavy atom. The molecule has 1 fully saturated rings. The monoisotopic (exact) mass is 380 g/mol. The standard InChI is InChI=1S/C16H17FN4O4S/c17-13-2-5-15(6-3-13)26(24,25)20-9-1-8-19(10-11-20)16-7-4-14(12-18-16)21(22)23/h2-7,12H,1,8-11H2. The smallest absolute Gasteiger partial charge is 0.287 e. The SMILES string of the molecule is O=[N+]([O-])c1ccc(N2CCCN(S(=O)(=O)c3ccc(F)cc3)CC2)nc1. The number of hydrogen-bond acceptors (Lipinski definition) is 6. The van der Waals surface area contributed by atoms with Crippen molar-refractivity contribution in [3.63, 3.8) is 0 Å². The van der Waals surface area contributed by atoms with E-state index in [9.17, 15) is 22.9 Å². The molecule has 1 saturated heterocycles. The molecule has 138 valence electrons. The Balaban J connectivity index is 1.73. The largest absolute Gasteiger partial charge is 0.355 e. The molecular weight excluding hydrogens is 363 g/mol. The van der Waals surface area contributed by atoms with Gasteiger partial charge in [-0.15, -0.1) is 0 Å². The molecule has 0 spiro atoms. The second kappa shape index (κ2) is 7.34. The third-order valence-corrected chi connectivity index (χ3v) is 6.09. The lowest BCUT2D eigenvalue weighted by molar-refractivity contribution is -0.385. The minimum Gasteiger partial charge on any atom is -0.355 e. The summed E-state index contributed by atoms with van der Waals surface area (Å²) in [5, 5.41) is 10.7. The van der Waals surface area contributed by atoms with Gasteiger partial charge in [0, 0.05) is 32.2 Å². The quantitative estimate of drug-likeness (QED) is 0.595. The number of hydrogen-bond donors (Lipinski definition) is 0. The molecular formula is C16H17FN4O4S. The van der Waals surface area contributed by atoms with Crippen molar-refractivity contribution in [2.75, 3.05) is 31.1 Å². The highest BCUT2D eigenvalue weighted by Crippen LogP contribution is 2.21. The van der Waals surface area contributed by atoms with Gasteiger partial charge in [0.1, 0.15) is 17.8 Å². The van der Waals surface area contributed by atoms with Crippen molar-refractivity contribution in [2.45, 2.75) is 11.3 Å². The van der Waals surface area contributed by atoms with Crippen molar-refractivity contribution in [1.29, 1.82) is 0 Å². The van der Waals surface area contributed by atoms with Crippen LogP contribution in [0.2, 0.25) is 0 Å². The van der Waals surface area contributed by atoms with Crippen LogP contribution in [0.25, 0.3) is 0 Å². The summed E-state index contributed by atoms with van der Waals surface area (Å²) >= 11 is 0. The van der Waals surface area contributed by atoms with E-state index in [0.717, 1.165) is 12.1 Å². The number of anilines is 1. The summed E-state index contributed by atoms with van der Waals surface area (Å²) in [6, 6.07) is 7.69. The van der Waals surface area contributed by atoms with E-state index in [0.29, 0.717) is 31.9 Å². The molecule has 1 aliphatic heterocycles. The maximum Gasteiger partial charge on any atom is 0.287 e. The normalized spacial score (nSPS) is 16.3. The molecule has 0 unspecified atom stereocenters. The zero-order valence-electron chi connectivity index (χ0n) is 13.8. The van der Waals surface area contributed by atoms with Crippen molar-refractivity contribution >= 4 is 21.5 Å². The molecule has 0 amide bonds. The highest BCUT2D eigenvalue weighted by Gasteiger charge is 2.27. The topological polar surface area (TPSA) is 96.6 Å². The number of halogens is 1. The summed E-state index contributed by atoms with van der Waals surface area (Å²) in [4.78, 5) is 16.2. The first-order chi connectivity index (χ1) is 12.4. The average Bonchev–Trinajstić information content (AvgIpc) is 2.89. The molecule has 26 heavy (non-hydrogen) atoms. The van der Waals surface area contributed by atoms with Crippen LogP contribution in [0.5, 0.6) is 0 Å². The van der Waals surface area contributed by atoms with Crippen LogP contribution in [0.3, 0.4) is 0 Å². The van der Waals surface area contributed by atoms with Gasteiger partial charge in [-0.3, -0.25) is 10.1 Å². The number of nitro groups is 1. The summed E-state index contributed by atoms with van der Waals surface area (Å²) in [5.41, 5.74) is -0.0934. The van der Waals surface area contributed by atoms with Crippen molar-refractivity contribution in [3.05, 3.63) is 58.5 Å². The van der Waals surface area contributed by atoms with Crippen molar-refractivity contribution < 1.29 is 17.7 Å². The number of rotatable bonds is 4. The number of benzene rings is 1. The van der Waals surface area contributed by atoms with E-state index < -0.39 is 20.8 Å². The fourth-order valence-corrected chi connectivity index (χ4v) is 4.26. The Morgan fingerprint density at radius 1 is 1.04 bits per heavy atom. The van der Waals surface area contributed by atoms with E-state index in [1.165, 1.54) is 28.7 Å². The third kappa shape index (κ3) is 3.81. The van der Waals surface area contributed by atoms with Crippen LogP contribution in [-0.2, 0) is 10.0 Å². The highest BCUT2D eigenvalue weighted by molar-refractivity contribution is 7.89. The fraction of sp³-hybridized carbons (Fsp3) is 0.312. The summed E-state index contributed by atoms with van der Waals surface area (Å²) in [6.07, 6.45) is 1.77. The zero-order valence-corrected chi connectivity index (χ0v) is 14.6. The molecule has 0 bridgehead atoms. The van der Waals surface area contributed by atoms with Gasteiger partial charge in [-0.1, -0.05) is 0 Å². The second-order valence-corrected chi connectivity index (χ2v) is 7.77. The van der Waals surface area contributed by atoms with E-state index in [-0.39, 0.29) is 17.1 Å². The summed E-state index contributed by atoms with van der Waals surface area (Å²) < 4.78 is 39.8. The Labute approximate surface area is 150 Å². The van der Waals surface area contributed by atoms with Crippen LogP contribution in [-0.4, -0.2) is 48.8 Å². The minimum absolute atomic E-state index is 0.0563. The summed E-state index contributed by atoms with van der Waals surface area (Å²) in [6.45, 7) is 1.58. The third-order valence-electron chi connectivity index (χ3n) is 4.17. The molecule has 0 atom stereocenters. The lowest BCUT2D eigenvalue weighted by atomic mass is 10.3. The van der Waals surface area contributed by atoms with E-state index in [2.05, 4.69) is 4.98 Å². The molecule has 0 radical (unpaired) electrons. The molecule has 3 rings (SSSR count). The molecule has 2 aromatic rings. The molecule has 1 aromatic heterocycles. The first-order valence-electron chi connectivity index (χ1n) is 7.99. The molecule has 0 saturated carbocycles. The molecule has 1 aliphatic rings. The molecule has 1 aromatic carbocycles. The number of nitrogens with zero attached hydrogens (tertiary/aromatic N) is 4. The van der Waals surface area contributed by atoms with Gasteiger partial charge in [0.25, 0.3) is 5.69 Å². The Morgan fingerprint density at radius 3 is 2.38 bits per heavy atom. The Kier molecular flexibility index (Phi) is 5.14. The lowest BCUT2D eigenvalue weighted by Crippen LogP contribution is -2.35. The van der Waals surface area contributed by atoms with Crippen LogP contribution >= 0.6 is 0 Å². The number of aromatic nitrogens is 1. The lowest BCUT2D eigenvalue weighted by Gasteiger charge is -2.22. The van der Waals surface area contributed by atoms with Gasteiger partial charge >= 0.3 is 0 Å². The van der Waals surface area contributed by atoms with E-state index >= 15 is 0 Å². The fourth-order valence-electron chi connectivity index (χ4n) is 2.79. The van der Waals surface area contributed by atoms with Crippen LogP contribution in [0.1, 0.15) is 6.42 Å². The van der Waals surface area contributed by atoms with Crippen LogP contribution in [0.4, 0.5) is 15.9 Å². The van der Waals surface area contributed by atoms with E-state index in [4.69, 9.17) is 0 Å². The Bertz CT molecular complexity index is 887. The predicted octanol–water partition coefficient (Wildman–Crippen LogP) is 2.03. The van der Waals surface area contributed by atoms with Crippen molar-refractivity contribution in [2.24, 2.45) is 0 Å². The van der Waals surface area contributed by atoms with Crippen LogP contribution in [0, 0.1) is 15.9 Å². The molecule has 8 nitrogen and oxygen atoms in total. The van der Waals surface area contributed by atoms with Gasteiger partial charge in [-0.2, -0.15) is 4.31 Å². The van der Waals surface area contributed by atoms with E-state index in [1.807, 2.05) is 4.90 Å². The Hall–Kier alpha value is -2.59. The van der Waals surface area contributed by atoms with Crippen LogP contribution < -0.4 is 4.90 Å². The van der Waals surface area contributed by atoms with Crippen molar-refractivity contribution in [3.8, 4) is 0 Å². The first kappa shape index (κ1) is 18.2. The predicted molar refractivity (Wildman–Crippen MR) is 92.9 cm³/mol. The molecule has 2 heterocycles. The van der Waals surface area contributed by atoms with Gasteiger partial charge in [-0.05, 0) is 36.8 Å². The molecule has 10 heteroatoms. The zero-order chi connectivity index (χ0) is 18.7. The molecule has 0 N–H and O–H groups in total. The number of pyridine rings is 1. The van der Waals surface area contributed by atoms with Crippen molar-refractivity contribution in [1.82, 2.24) is 9.29 Å². The average molecular weight is 380 g/mol. The maximum atomic E-state index is 13.0. The van der Waals surface area contributed by atoms with Gasteiger partial charge in [-0.25, -0.2) is 17.8 Å². The summed E-state index contributed by atoms with van der Waals surface area (Å²) in [7, 11) is -3.70. The molecule has 0 aliphatic carbocycles. The van der Waals surface area contributed by atoms with Crippen LogP contribution in [0.15, 0.2) is 47.5 Å². The van der Waals surface area contributed by atoms with Gasteiger partial charge in [0.15, 0.2) is 0 Å². The second-order valence-electron chi connectivity index (χ2n) is 5.83. The minimum atomic E-state index is -3.70. The van der Waals surface area contributed by atoms with Gasteiger partial charge < -0.3 is 4.90 Å².